The molecule has 0 aliphatic rings. The van der Waals surface area contributed by atoms with Crippen LogP contribution in [0.15, 0.2) is 55.1 Å². The number of esters is 1. The van der Waals surface area contributed by atoms with Crippen LogP contribution in [0.3, 0.4) is 0 Å². The fourth-order valence-corrected chi connectivity index (χ4v) is 2.97. The number of ether oxygens (including phenoxy) is 1. The molecule has 0 spiro atoms. The Kier molecular flexibility index (Phi) is 7.81. The molecule has 0 unspecified atom stereocenters. The van der Waals surface area contributed by atoms with Crippen molar-refractivity contribution in [2.24, 2.45) is 0 Å². The summed E-state index contributed by atoms with van der Waals surface area (Å²) < 4.78 is 5.26. The Morgan fingerprint density at radius 2 is 1.75 bits per heavy atom. The normalized spacial score (nSPS) is 10.4. The van der Waals surface area contributed by atoms with Crippen LogP contribution in [0.5, 0.6) is 5.75 Å². The molecular formula is C23H27NO4. The number of anilines is 1. The third kappa shape index (κ3) is 5.00. The van der Waals surface area contributed by atoms with Crippen LogP contribution in [-0.2, 0) is 4.74 Å². The number of hydrogen-bond donors (Lipinski definition) is 1. The zero-order valence-corrected chi connectivity index (χ0v) is 16.5. The highest BCUT2D eigenvalue weighted by atomic mass is 16.5. The van der Waals surface area contributed by atoms with Crippen molar-refractivity contribution >= 4 is 17.4 Å². The van der Waals surface area contributed by atoms with Crippen LogP contribution in [0.1, 0.15) is 53.0 Å². The molecule has 0 radical (unpaired) electrons. The van der Waals surface area contributed by atoms with Crippen LogP contribution in [0.25, 0.3) is 0 Å². The summed E-state index contributed by atoms with van der Waals surface area (Å²) in [6.07, 6.45) is 3.19. The van der Waals surface area contributed by atoms with Gasteiger partial charge in [0.05, 0.1) is 17.7 Å². The van der Waals surface area contributed by atoms with E-state index in [0.29, 0.717) is 6.42 Å². The van der Waals surface area contributed by atoms with Gasteiger partial charge in [-0.25, -0.2) is 4.79 Å². The zero-order chi connectivity index (χ0) is 20.5. The Labute approximate surface area is 166 Å². The lowest BCUT2D eigenvalue weighted by molar-refractivity contribution is 0.0498. The molecule has 1 N–H and O–H groups in total. The van der Waals surface area contributed by atoms with Crippen molar-refractivity contribution in [1.82, 2.24) is 0 Å². The minimum absolute atomic E-state index is 0.108. The van der Waals surface area contributed by atoms with E-state index in [1.807, 2.05) is 13.8 Å². The molecule has 0 fully saturated rings. The second-order valence-corrected chi connectivity index (χ2v) is 6.32. The minimum atomic E-state index is -0.549. The van der Waals surface area contributed by atoms with Gasteiger partial charge in [0, 0.05) is 30.4 Å². The molecule has 0 amide bonds. The van der Waals surface area contributed by atoms with Crippen molar-refractivity contribution in [3.05, 3.63) is 71.8 Å². The molecular weight excluding hydrogens is 354 g/mol. The van der Waals surface area contributed by atoms with E-state index < -0.39 is 11.8 Å². The van der Waals surface area contributed by atoms with Crippen LogP contribution in [-0.4, -0.2) is 36.6 Å². The minimum Gasteiger partial charge on any atom is -0.507 e. The summed E-state index contributed by atoms with van der Waals surface area (Å²) in [5, 5.41) is 10.4. The Morgan fingerprint density at radius 1 is 1.07 bits per heavy atom. The number of carbonyl (C=O) groups is 2. The quantitative estimate of drug-likeness (QED) is 0.282. The highest BCUT2D eigenvalue weighted by Crippen LogP contribution is 2.27. The lowest BCUT2D eigenvalue weighted by Gasteiger charge is -2.21. The lowest BCUT2D eigenvalue weighted by atomic mass is 9.97. The van der Waals surface area contributed by atoms with Crippen molar-refractivity contribution in [2.45, 2.75) is 26.7 Å². The first-order valence-electron chi connectivity index (χ1n) is 9.53. The number of benzene rings is 2. The lowest BCUT2D eigenvalue weighted by Crippen LogP contribution is -2.21. The molecule has 0 saturated carbocycles. The Bertz CT molecular complexity index is 840. The van der Waals surface area contributed by atoms with Gasteiger partial charge in [-0.15, -0.1) is 6.58 Å². The first-order chi connectivity index (χ1) is 13.5. The maximum Gasteiger partial charge on any atom is 0.338 e. The summed E-state index contributed by atoms with van der Waals surface area (Å²) in [4.78, 5) is 27.5. The van der Waals surface area contributed by atoms with E-state index in [1.165, 1.54) is 0 Å². The topological polar surface area (TPSA) is 66.8 Å². The number of allylic oxidation sites excluding steroid dienone is 1. The summed E-state index contributed by atoms with van der Waals surface area (Å²) in [6.45, 7) is 9.53. The van der Waals surface area contributed by atoms with Crippen LogP contribution in [0, 0.1) is 0 Å². The monoisotopic (exact) mass is 381 g/mol. The van der Waals surface area contributed by atoms with Crippen LogP contribution < -0.4 is 4.90 Å². The smallest absolute Gasteiger partial charge is 0.338 e. The molecule has 5 heteroatoms. The van der Waals surface area contributed by atoms with Crippen molar-refractivity contribution in [3.8, 4) is 5.75 Å². The summed E-state index contributed by atoms with van der Waals surface area (Å²) in [7, 11) is 0. The van der Waals surface area contributed by atoms with Gasteiger partial charge < -0.3 is 14.7 Å². The average molecular weight is 381 g/mol. The first-order valence-corrected chi connectivity index (χ1v) is 9.53. The molecule has 0 aliphatic carbocycles. The first kappa shape index (κ1) is 21.2. The van der Waals surface area contributed by atoms with Gasteiger partial charge in [0.1, 0.15) is 5.75 Å². The van der Waals surface area contributed by atoms with Gasteiger partial charge in [0.25, 0.3) is 0 Å². The fourth-order valence-electron chi connectivity index (χ4n) is 2.97. The molecule has 0 aromatic heterocycles. The molecule has 0 bridgehead atoms. The van der Waals surface area contributed by atoms with Gasteiger partial charge in [-0.2, -0.15) is 0 Å². The molecule has 0 saturated heterocycles. The number of phenols is 1. The highest BCUT2D eigenvalue weighted by Gasteiger charge is 2.21. The van der Waals surface area contributed by atoms with Crippen molar-refractivity contribution < 1.29 is 19.4 Å². The number of aromatic hydroxyl groups is 1. The van der Waals surface area contributed by atoms with Gasteiger partial charge in [0.15, 0.2) is 5.78 Å². The summed E-state index contributed by atoms with van der Waals surface area (Å²) in [6, 6.07) is 11.5. The van der Waals surface area contributed by atoms with Crippen molar-refractivity contribution in [1.29, 1.82) is 0 Å². The predicted octanol–water partition coefficient (Wildman–Crippen LogP) is 4.59. The van der Waals surface area contributed by atoms with Crippen LogP contribution >= 0.6 is 0 Å². The number of ketones is 1. The highest BCUT2D eigenvalue weighted by molar-refractivity contribution is 6.15. The molecule has 148 valence electrons. The molecule has 2 aromatic carbocycles. The maximum atomic E-state index is 13.0. The number of carbonyl (C=O) groups excluding carboxylic acids is 2. The molecule has 0 atom stereocenters. The molecule has 0 aliphatic heterocycles. The van der Waals surface area contributed by atoms with Gasteiger partial charge in [-0.05, 0) is 44.9 Å². The standard InChI is InChI=1S/C23H27NO4/c1-4-7-10-15-28-23(27)19-12-9-8-11-18(19)22(26)20-14-13-17(16-21(20)25)24(5-2)6-3/h4,8-9,11-14,16,25H,1,5-7,10,15H2,2-3H3. The van der Waals surface area contributed by atoms with E-state index in [-0.39, 0.29) is 29.0 Å². The van der Waals surface area contributed by atoms with E-state index in [4.69, 9.17) is 4.74 Å². The van der Waals surface area contributed by atoms with Crippen LogP contribution in [0.4, 0.5) is 5.69 Å². The summed E-state index contributed by atoms with van der Waals surface area (Å²) in [5.41, 5.74) is 1.40. The SMILES string of the molecule is C=CCCCOC(=O)c1ccccc1C(=O)c1ccc(N(CC)CC)cc1O. The predicted molar refractivity (Wildman–Crippen MR) is 111 cm³/mol. The van der Waals surface area contributed by atoms with Gasteiger partial charge in [-0.3, -0.25) is 4.79 Å². The van der Waals surface area contributed by atoms with Gasteiger partial charge in [0.2, 0.25) is 0 Å². The summed E-state index contributed by atoms with van der Waals surface area (Å²) >= 11 is 0. The molecule has 2 rings (SSSR count). The molecule has 5 nitrogen and oxygen atoms in total. The van der Waals surface area contributed by atoms with E-state index in [2.05, 4.69) is 11.5 Å². The molecule has 2 aromatic rings. The second kappa shape index (κ2) is 10.3. The number of hydrogen-bond acceptors (Lipinski definition) is 5. The maximum absolute atomic E-state index is 13.0. The Hall–Kier alpha value is -3.08. The van der Waals surface area contributed by atoms with E-state index in [0.717, 1.165) is 25.2 Å². The van der Waals surface area contributed by atoms with Gasteiger partial charge >= 0.3 is 5.97 Å². The van der Waals surface area contributed by atoms with E-state index >= 15 is 0 Å². The number of rotatable bonds is 10. The number of unbranched alkanes of at least 4 members (excludes halogenated alkanes) is 1. The van der Waals surface area contributed by atoms with Crippen molar-refractivity contribution in [2.75, 3.05) is 24.6 Å². The largest absolute Gasteiger partial charge is 0.507 e. The van der Waals surface area contributed by atoms with Crippen LogP contribution in [0.2, 0.25) is 0 Å². The number of nitrogens with zero attached hydrogens (tertiary/aromatic N) is 1. The van der Waals surface area contributed by atoms with E-state index in [9.17, 15) is 14.7 Å². The van der Waals surface area contributed by atoms with Gasteiger partial charge in [-0.1, -0.05) is 24.3 Å². The molecule has 0 heterocycles. The van der Waals surface area contributed by atoms with Crippen molar-refractivity contribution in [3.63, 3.8) is 0 Å². The third-order valence-electron chi connectivity index (χ3n) is 4.53. The summed E-state index contributed by atoms with van der Waals surface area (Å²) in [5.74, 6) is -1.07. The number of phenolic OH excluding ortho intramolecular Hbond substituents is 1. The fraction of sp³-hybridized carbons (Fsp3) is 0.304. The molecule has 28 heavy (non-hydrogen) atoms. The Morgan fingerprint density at radius 3 is 2.36 bits per heavy atom. The zero-order valence-electron chi connectivity index (χ0n) is 16.5. The third-order valence-corrected chi connectivity index (χ3v) is 4.53. The Balaban J connectivity index is 2.27. The average Bonchev–Trinajstić information content (AvgIpc) is 2.71. The van der Waals surface area contributed by atoms with E-state index in [1.54, 1.807) is 48.5 Å². The second-order valence-electron chi connectivity index (χ2n) is 6.32.